The predicted octanol–water partition coefficient (Wildman–Crippen LogP) is -1.51. The molecule has 10 atom stereocenters. The van der Waals surface area contributed by atoms with Crippen LogP contribution in [0.15, 0.2) is 48.5 Å². The Balaban J connectivity index is 1.43. The van der Waals surface area contributed by atoms with Crippen LogP contribution in [0.4, 0.5) is 0 Å². The molecular weight excluding hydrogens is 504 g/mol. The second-order valence-electron chi connectivity index (χ2n) is 9.99. The van der Waals surface area contributed by atoms with Gasteiger partial charge >= 0.3 is 0 Å². The van der Waals surface area contributed by atoms with Crippen LogP contribution >= 0.6 is 0 Å². The zero-order valence-corrected chi connectivity index (χ0v) is 20.9. The Hall–Kier alpha value is -2.36. The van der Waals surface area contributed by atoms with E-state index in [4.69, 9.17) is 18.9 Å². The summed E-state index contributed by atoms with van der Waals surface area (Å²) in [5.41, 5.74) is -2.28. The first-order valence-electron chi connectivity index (χ1n) is 12.1. The summed E-state index contributed by atoms with van der Waals surface area (Å²) in [5, 5.41) is 80.4. The van der Waals surface area contributed by atoms with Crippen LogP contribution in [0.1, 0.15) is 13.8 Å². The van der Waals surface area contributed by atoms with Crippen LogP contribution in [0.2, 0.25) is 0 Å². The van der Waals surface area contributed by atoms with E-state index in [-0.39, 0.29) is 0 Å². The van der Waals surface area contributed by atoms with Gasteiger partial charge in [0, 0.05) is 0 Å². The molecule has 0 saturated carbocycles. The number of rotatable bonds is 7. The van der Waals surface area contributed by atoms with Gasteiger partial charge in [-0.1, -0.05) is 24.3 Å². The van der Waals surface area contributed by atoms with Crippen molar-refractivity contribution in [2.24, 2.45) is 0 Å². The first-order chi connectivity index (χ1) is 17.9. The lowest BCUT2D eigenvalue weighted by Gasteiger charge is -2.45. The normalized spacial score (nSPS) is 39.5. The molecule has 12 nitrogen and oxygen atoms in total. The molecule has 210 valence electrons. The summed E-state index contributed by atoms with van der Waals surface area (Å²) in [7, 11) is 0. The van der Waals surface area contributed by atoms with E-state index in [1.807, 2.05) is 0 Å². The topological polar surface area (TPSA) is 199 Å². The van der Waals surface area contributed by atoms with Gasteiger partial charge in [-0.3, -0.25) is 0 Å². The van der Waals surface area contributed by atoms with Gasteiger partial charge in [0.15, 0.2) is 11.2 Å². The molecule has 4 unspecified atom stereocenters. The van der Waals surface area contributed by atoms with Crippen LogP contribution < -0.4 is 9.47 Å². The molecule has 2 heterocycles. The number of aliphatic hydroxyl groups excluding tert-OH is 6. The first-order valence-corrected chi connectivity index (χ1v) is 12.1. The molecular formula is C26H34O12. The molecule has 2 aromatic rings. The van der Waals surface area contributed by atoms with Gasteiger partial charge in [0.2, 0.25) is 12.6 Å². The van der Waals surface area contributed by atoms with Crippen molar-refractivity contribution in [1.82, 2.24) is 0 Å². The van der Waals surface area contributed by atoms with Gasteiger partial charge in [0.05, 0.1) is 13.2 Å². The summed E-state index contributed by atoms with van der Waals surface area (Å²) in [6.07, 6.45) is -11.1. The predicted molar refractivity (Wildman–Crippen MR) is 130 cm³/mol. The van der Waals surface area contributed by atoms with Gasteiger partial charge in [0.25, 0.3) is 0 Å². The highest BCUT2D eigenvalue weighted by molar-refractivity contribution is 5.64. The number of ether oxygens (including phenoxy) is 4. The van der Waals surface area contributed by atoms with Crippen LogP contribution in [0, 0.1) is 0 Å². The minimum absolute atomic E-state index is 0.315. The van der Waals surface area contributed by atoms with Crippen LogP contribution in [-0.2, 0) is 9.47 Å². The third-order valence-corrected chi connectivity index (χ3v) is 7.05. The SMILES string of the molecule is C[C@]1(O)C(O)[C@H](O)C(CO)O[C@@H]1Oc1ccc(-c2ccc(O[C@H]3OC(CO)[C@@H](O)C(O)[C@]3(C)O)cc2)cc1. The molecule has 0 spiro atoms. The first kappa shape index (κ1) is 28.6. The molecule has 0 aromatic heterocycles. The van der Waals surface area contributed by atoms with E-state index in [0.29, 0.717) is 11.5 Å². The summed E-state index contributed by atoms with van der Waals surface area (Å²) >= 11 is 0. The minimum Gasteiger partial charge on any atom is -0.462 e. The van der Waals surface area contributed by atoms with Crippen LogP contribution in [0.25, 0.3) is 11.1 Å². The van der Waals surface area contributed by atoms with Gasteiger partial charge in [-0.25, -0.2) is 0 Å². The lowest BCUT2D eigenvalue weighted by Crippen LogP contribution is -2.66. The zero-order valence-electron chi connectivity index (χ0n) is 20.9. The summed E-state index contributed by atoms with van der Waals surface area (Å²) in [5.74, 6) is 0.630. The van der Waals surface area contributed by atoms with Crippen molar-refractivity contribution in [3.8, 4) is 22.6 Å². The highest BCUT2D eigenvalue weighted by atomic mass is 16.7. The number of hydrogen-bond donors (Lipinski definition) is 8. The highest BCUT2D eigenvalue weighted by Crippen LogP contribution is 2.34. The Kier molecular flexibility index (Phi) is 8.31. The van der Waals surface area contributed by atoms with E-state index in [0.717, 1.165) is 11.1 Å². The summed E-state index contributed by atoms with van der Waals surface area (Å²) in [6.45, 7) is 1.40. The molecule has 2 saturated heterocycles. The fourth-order valence-electron chi connectivity index (χ4n) is 4.43. The molecule has 2 fully saturated rings. The molecule has 0 aliphatic carbocycles. The van der Waals surface area contributed by atoms with E-state index in [9.17, 15) is 40.9 Å². The second-order valence-corrected chi connectivity index (χ2v) is 9.99. The smallest absolute Gasteiger partial charge is 0.231 e. The Morgan fingerprint density at radius 2 is 0.947 bits per heavy atom. The Bertz CT molecular complexity index is 971. The summed E-state index contributed by atoms with van der Waals surface area (Å²) < 4.78 is 22.3. The molecule has 2 aliphatic rings. The minimum atomic E-state index is -1.93. The number of hydrogen-bond acceptors (Lipinski definition) is 12. The lowest BCUT2D eigenvalue weighted by molar-refractivity contribution is -0.314. The summed E-state index contributed by atoms with van der Waals surface area (Å²) in [4.78, 5) is 0. The second kappa shape index (κ2) is 11.0. The van der Waals surface area contributed by atoms with Crippen molar-refractivity contribution in [1.29, 1.82) is 0 Å². The third kappa shape index (κ3) is 5.38. The molecule has 0 radical (unpaired) electrons. The van der Waals surface area contributed by atoms with E-state index >= 15 is 0 Å². The number of benzene rings is 2. The zero-order chi connectivity index (χ0) is 27.8. The standard InChI is InChI=1S/C26H34O12/c1-25(33)21(31)19(29)17(11-27)37-23(25)35-15-7-3-13(4-8-15)14-5-9-16(10-6-14)36-24-26(2,34)22(32)20(30)18(12-28)38-24/h3-10,17-24,27-34H,11-12H2,1-2H3/t17?,18?,19-,20-,21?,22?,23+,24+,25+,26+/m1/s1. The molecule has 4 rings (SSSR count). The molecule has 2 aromatic carbocycles. The van der Waals surface area contributed by atoms with Crippen molar-refractivity contribution in [2.45, 2.75) is 74.3 Å². The fraction of sp³-hybridized carbons (Fsp3) is 0.538. The van der Waals surface area contributed by atoms with Gasteiger partial charge in [-0.2, -0.15) is 0 Å². The Morgan fingerprint density at radius 3 is 1.24 bits per heavy atom. The van der Waals surface area contributed by atoms with Crippen molar-refractivity contribution < 1.29 is 59.8 Å². The number of aliphatic hydroxyl groups is 8. The molecule has 0 bridgehead atoms. The fourth-order valence-corrected chi connectivity index (χ4v) is 4.43. The average Bonchev–Trinajstić information content (AvgIpc) is 2.90. The van der Waals surface area contributed by atoms with Gasteiger partial charge < -0.3 is 59.8 Å². The van der Waals surface area contributed by atoms with Gasteiger partial charge in [-0.15, -0.1) is 0 Å². The van der Waals surface area contributed by atoms with E-state index < -0.39 is 73.6 Å². The van der Waals surface area contributed by atoms with Crippen LogP contribution in [0.3, 0.4) is 0 Å². The third-order valence-electron chi connectivity index (χ3n) is 7.05. The average molecular weight is 539 g/mol. The maximum Gasteiger partial charge on any atom is 0.231 e. The monoisotopic (exact) mass is 538 g/mol. The van der Waals surface area contributed by atoms with E-state index in [2.05, 4.69) is 0 Å². The molecule has 8 N–H and O–H groups in total. The molecule has 0 amide bonds. The molecule has 2 aliphatic heterocycles. The Labute approximate surface area is 218 Å². The van der Waals surface area contributed by atoms with Crippen LogP contribution in [-0.4, -0.2) is 114 Å². The van der Waals surface area contributed by atoms with Crippen LogP contribution in [0.5, 0.6) is 11.5 Å². The van der Waals surface area contributed by atoms with Crippen molar-refractivity contribution >= 4 is 0 Å². The van der Waals surface area contributed by atoms with E-state index in [1.54, 1.807) is 48.5 Å². The highest BCUT2D eigenvalue weighted by Gasteiger charge is 2.54. The van der Waals surface area contributed by atoms with E-state index in [1.165, 1.54) is 13.8 Å². The maximum atomic E-state index is 10.6. The van der Waals surface area contributed by atoms with Gasteiger partial charge in [-0.05, 0) is 49.2 Å². The van der Waals surface area contributed by atoms with Crippen molar-refractivity contribution in [3.05, 3.63) is 48.5 Å². The molecule has 38 heavy (non-hydrogen) atoms. The lowest BCUT2D eigenvalue weighted by atomic mass is 9.88. The summed E-state index contributed by atoms with van der Waals surface area (Å²) in [6, 6.07) is 13.5. The largest absolute Gasteiger partial charge is 0.462 e. The Morgan fingerprint density at radius 1 is 0.632 bits per heavy atom. The van der Waals surface area contributed by atoms with Gasteiger partial charge in [0.1, 0.15) is 48.1 Å². The maximum absolute atomic E-state index is 10.6. The molecule has 12 heteroatoms. The van der Waals surface area contributed by atoms with Crippen molar-refractivity contribution in [2.75, 3.05) is 13.2 Å². The van der Waals surface area contributed by atoms with Crippen molar-refractivity contribution in [3.63, 3.8) is 0 Å². The quantitative estimate of drug-likeness (QED) is 0.203.